The van der Waals surface area contributed by atoms with Gasteiger partial charge in [0.1, 0.15) is 11.4 Å². The second kappa shape index (κ2) is 10.7. The summed E-state index contributed by atoms with van der Waals surface area (Å²) in [5.74, 6) is -0.129. The lowest BCUT2D eigenvalue weighted by atomic mass is 10.2. The Bertz CT molecular complexity index is 1080. The van der Waals surface area contributed by atoms with E-state index in [-0.39, 0.29) is 11.6 Å². The van der Waals surface area contributed by atoms with Crippen LogP contribution < -0.4 is 15.5 Å². The first kappa shape index (κ1) is 21.7. The minimum atomic E-state index is -0.521. The van der Waals surface area contributed by atoms with E-state index in [2.05, 4.69) is 38.4 Å². The van der Waals surface area contributed by atoms with Crippen molar-refractivity contribution in [3.8, 4) is 5.75 Å². The minimum absolute atomic E-state index is 0.104. The fourth-order valence-corrected chi connectivity index (χ4v) is 3.86. The lowest BCUT2D eigenvalue weighted by Crippen LogP contribution is -2.32. The zero-order valence-corrected chi connectivity index (χ0v) is 18.9. The van der Waals surface area contributed by atoms with Crippen LogP contribution >= 0.6 is 33.9 Å². The SMILES string of the molecule is COc1ccc(C=NNC(=O)C(=Cc2cccs2)NC(=O)c2ccccc2)cc1I. The quantitative estimate of drug-likeness (QED) is 0.207. The summed E-state index contributed by atoms with van der Waals surface area (Å²) in [7, 11) is 1.61. The summed E-state index contributed by atoms with van der Waals surface area (Å²) in [5.41, 5.74) is 3.83. The molecule has 152 valence electrons. The predicted octanol–water partition coefficient (Wildman–Crippen LogP) is 4.28. The number of thiophene rings is 1. The number of methoxy groups -OCH3 is 1. The maximum atomic E-state index is 12.7. The highest BCUT2D eigenvalue weighted by molar-refractivity contribution is 14.1. The second-order valence-corrected chi connectivity index (χ2v) is 8.13. The molecule has 2 amide bonds. The number of nitrogens with zero attached hydrogens (tertiary/aromatic N) is 1. The number of halogens is 1. The van der Waals surface area contributed by atoms with Crippen LogP contribution in [0.4, 0.5) is 0 Å². The molecule has 0 atom stereocenters. The molecule has 0 bridgehead atoms. The molecule has 1 aromatic heterocycles. The molecule has 0 spiro atoms. The van der Waals surface area contributed by atoms with Gasteiger partial charge in [0.25, 0.3) is 11.8 Å². The van der Waals surface area contributed by atoms with E-state index in [0.29, 0.717) is 5.56 Å². The highest BCUT2D eigenvalue weighted by atomic mass is 127. The van der Waals surface area contributed by atoms with Crippen molar-refractivity contribution in [3.05, 3.63) is 91.3 Å². The highest BCUT2D eigenvalue weighted by Gasteiger charge is 2.14. The van der Waals surface area contributed by atoms with Gasteiger partial charge in [-0.3, -0.25) is 9.59 Å². The Morgan fingerprint density at radius 2 is 1.90 bits per heavy atom. The number of hydrazone groups is 1. The van der Waals surface area contributed by atoms with Crippen molar-refractivity contribution in [2.75, 3.05) is 7.11 Å². The first-order valence-corrected chi connectivity index (χ1v) is 10.8. The highest BCUT2D eigenvalue weighted by Crippen LogP contribution is 2.20. The van der Waals surface area contributed by atoms with Crippen LogP contribution in [-0.2, 0) is 4.79 Å². The summed E-state index contributed by atoms with van der Waals surface area (Å²) in [6.07, 6.45) is 3.15. The molecule has 6 nitrogen and oxygen atoms in total. The third kappa shape index (κ3) is 6.01. The van der Waals surface area contributed by atoms with Crippen LogP contribution in [0, 0.1) is 3.57 Å². The number of hydrogen-bond acceptors (Lipinski definition) is 5. The van der Waals surface area contributed by atoms with Crippen LogP contribution in [0.3, 0.4) is 0 Å². The molecule has 0 radical (unpaired) electrons. The van der Waals surface area contributed by atoms with Gasteiger partial charge in [-0.2, -0.15) is 5.10 Å². The standard InChI is InChI=1S/C22H18IN3O3S/c1-29-20-10-9-15(12-18(20)23)14-24-26-22(28)19(13-17-8-5-11-30-17)25-21(27)16-6-3-2-4-7-16/h2-14H,1H3,(H,25,27)(H,26,28). The molecule has 0 aliphatic heterocycles. The molecule has 0 aliphatic carbocycles. The summed E-state index contributed by atoms with van der Waals surface area (Å²) < 4.78 is 6.16. The van der Waals surface area contributed by atoms with Gasteiger partial charge in [-0.25, -0.2) is 5.43 Å². The molecule has 3 rings (SSSR count). The number of nitrogens with one attached hydrogen (secondary N) is 2. The Morgan fingerprint density at radius 3 is 2.57 bits per heavy atom. The number of hydrogen-bond donors (Lipinski definition) is 2. The van der Waals surface area contributed by atoms with Gasteiger partial charge < -0.3 is 10.1 Å². The van der Waals surface area contributed by atoms with E-state index < -0.39 is 5.91 Å². The summed E-state index contributed by atoms with van der Waals surface area (Å²) in [6, 6.07) is 18.0. The Labute approximate surface area is 191 Å². The maximum absolute atomic E-state index is 12.7. The molecule has 0 unspecified atom stereocenters. The fraction of sp³-hybridized carbons (Fsp3) is 0.0455. The maximum Gasteiger partial charge on any atom is 0.287 e. The molecule has 2 aromatic carbocycles. The summed E-state index contributed by atoms with van der Waals surface area (Å²) in [5, 5.41) is 8.57. The molecule has 2 N–H and O–H groups in total. The van der Waals surface area contributed by atoms with Gasteiger partial charge in [-0.15, -0.1) is 11.3 Å². The van der Waals surface area contributed by atoms with E-state index in [0.717, 1.165) is 19.8 Å². The van der Waals surface area contributed by atoms with Crippen molar-refractivity contribution in [2.24, 2.45) is 5.10 Å². The number of benzene rings is 2. The monoisotopic (exact) mass is 531 g/mol. The largest absolute Gasteiger partial charge is 0.496 e. The molecule has 0 saturated carbocycles. The molecule has 0 aliphatic rings. The smallest absolute Gasteiger partial charge is 0.287 e. The minimum Gasteiger partial charge on any atom is -0.496 e. The number of ether oxygens (including phenoxy) is 1. The molecule has 3 aromatic rings. The summed E-state index contributed by atoms with van der Waals surface area (Å²) >= 11 is 3.62. The fourth-order valence-electron chi connectivity index (χ4n) is 2.45. The average Bonchev–Trinajstić information content (AvgIpc) is 3.27. The molecular formula is C22H18IN3O3S. The Hall–Kier alpha value is -2.98. The van der Waals surface area contributed by atoms with Crippen molar-refractivity contribution >= 4 is 58.0 Å². The summed E-state index contributed by atoms with van der Waals surface area (Å²) in [6.45, 7) is 0. The van der Waals surface area contributed by atoms with E-state index in [1.165, 1.54) is 17.6 Å². The Kier molecular flexibility index (Phi) is 7.75. The predicted molar refractivity (Wildman–Crippen MR) is 128 cm³/mol. The molecule has 30 heavy (non-hydrogen) atoms. The normalized spacial score (nSPS) is 11.3. The first-order chi connectivity index (χ1) is 14.6. The zero-order chi connectivity index (χ0) is 21.3. The number of carbonyl (C=O) groups excluding carboxylic acids is 2. The van der Waals surface area contributed by atoms with E-state index in [1.807, 2.05) is 41.8 Å². The van der Waals surface area contributed by atoms with Crippen LogP contribution in [0.1, 0.15) is 20.8 Å². The third-order valence-corrected chi connectivity index (χ3v) is 5.58. The first-order valence-electron chi connectivity index (χ1n) is 8.85. The van der Waals surface area contributed by atoms with Gasteiger partial charge in [0.15, 0.2) is 0 Å². The van der Waals surface area contributed by atoms with Crippen LogP contribution in [-0.4, -0.2) is 25.1 Å². The zero-order valence-electron chi connectivity index (χ0n) is 16.0. The molecular weight excluding hydrogens is 513 g/mol. The second-order valence-electron chi connectivity index (χ2n) is 5.99. The van der Waals surface area contributed by atoms with Crippen molar-refractivity contribution < 1.29 is 14.3 Å². The average molecular weight is 531 g/mol. The number of carbonyl (C=O) groups is 2. The van der Waals surface area contributed by atoms with Crippen LogP contribution in [0.2, 0.25) is 0 Å². The van der Waals surface area contributed by atoms with Gasteiger partial charge in [0.2, 0.25) is 0 Å². The number of amides is 2. The van der Waals surface area contributed by atoms with E-state index in [1.54, 1.807) is 37.5 Å². The van der Waals surface area contributed by atoms with E-state index in [9.17, 15) is 9.59 Å². The molecule has 1 heterocycles. The Balaban J connectivity index is 1.73. The van der Waals surface area contributed by atoms with Gasteiger partial charge in [0, 0.05) is 10.4 Å². The third-order valence-electron chi connectivity index (χ3n) is 3.91. The van der Waals surface area contributed by atoms with Gasteiger partial charge in [-0.1, -0.05) is 24.3 Å². The van der Waals surface area contributed by atoms with Gasteiger partial charge >= 0.3 is 0 Å². The van der Waals surface area contributed by atoms with Crippen molar-refractivity contribution in [1.29, 1.82) is 0 Å². The number of rotatable bonds is 7. The van der Waals surface area contributed by atoms with Crippen LogP contribution in [0.25, 0.3) is 6.08 Å². The van der Waals surface area contributed by atoms with Gasteiger partial charge in [-0.05, 0) is 76.0 Å². The van der Waals surface area contributed by atoms with Crippen LogP contribution in [0.15, 0.2) is 76.8 Å². The van der Waals surface area contributed by atoms with E-state index in [4.69, 9.17) is 4.74 Å². The molecule has 8 heteroatoms. The Morgan fingerprint density at radius 1 is 1.10 bits per heavy atom. The lowest BCUT2D eigenvalue weighted by molar-refractivity contribution is -0.117. The van der Waals surface area contributed by atoms with Crippen molar-refractivity contribution in [3.63, 3.8) is 0 Å². The van der Waals surface area contributed by atoms with Gasteiger partial charge in [0.05, 0.1) is 16.9 Å². The molecule has 0 fully saturated rings. The van der Waals surface area contributed by atoms with Crippen LogP contribution in [0.5, 0.6) is 5.75 Å². The van der Waals surface area contributed by atoms with Crippen molar-refractivity contribution in [2.45, 2.75) is 0 Å². The topological polar surface area (TPSA) is 79.8 Å². The summed E-state index contributed by atoms with van der Waals surface area (Å²) in [4.78, 5) is 26.0. The van der Waals surface area contributed by atoms with Crippen molar-refractivity contribution in [1.82, 2.24) is 10.7 Å². The van der Waals surface area contributed by atoms with E-state index >= 15 is 0 Å². The molecule has 0 saturated heterocycles. The lowest BCUT2D eigenvalue weighted by Gasteiger charge is -2.08.